The largest absolute Gasteiger partial charge is 0.360 e. The van der Waals surface area contributed by atoms with Gasteiger partial charge in [-0.2, -0.15) is 0 Å². The van der Waals surface area contributed by atoms with Crippen molar-refractivity contribution in [2.75, 3.05) is 26.2 Å². The van der Waals surface area contributed by atoms with Gasteiger partial charge in [-0.25, -0.2) is 0 Å². The summed E-state index contributed by atoms with van der Waals surface area (Å²) in [6.07, 6.45) is 7.84. The number of H-pyrrole nitrogens is 1. The Kier molecular flexibility index (Phi) is 5.64. The molecule has 5 nitrogen and oxygen atoms in total. The van der Waals surface area contributed by atoms with Gasteiger partial charge in [0.15, 0.2) is 0 Å². The van der Waals surface area contributed by atoms with E-state index in [1.807, 2.05) is 24.3 Å². The smallest absolute Gasteiger partial charge is 0.292 e. The lowest BCUT2D eigenvalue weighted by Crippen LogP contribution is -3.11. The van der Waals surface area contributed by atoms with Gasteiger partial charge in [0.25, 0.3) is 11.7 Å². The summed E-state index contributed by atoms with van der Waals surface area (Å²) in [5.74, 6) is -0.972. The Hall–Kier alpha value is -2.14. The minimum atomic E-state index is -0.509. The van der Waals surface area contributed by atoms with Gasteiger partial charge in [0.2, 0.25) is 0 Å². The summed E-state index contributed by atoms with van der Waals surface area (Å²) in [6, 6.07) is 7.52. The Morgan fingerprint density at radius 2 is 1.83 bits per heavy atom. The first-order valence-corrected chi connectivity index (χ1v) is 8.98. The second kappa shape index (κ2) is 8.11. The normalized spacial score (nSPS) is 16.0. The van der Waals surface area contributed by atoms with Crippen molar-refractivity contribution < 1.29 is 14.5 Å². The Morgan fingerprint density at radius 3 is 2.62 bits per heavy atom. The van der Waals surface area contributed by atoms with Crippen LogP contribution >= 0.6 is 0 Å². The molecule has 5 heteroatoms. The molecule has 1 aliphatic heterocycles. The molecule has 1 aromatic carbocycles. The van der Waals surface area contributed by atoms with Crippen LogP contribution in [0, 0.1) is 0 Å². The number of para-hydroxylation sites is 1. The minimum absolute atomic E-state index is 0.446. The van der Waals surface area contributed by atoms with Crippen molar-refractivity contribution in [3.63, 3.8) is 0 Å². The molecular weight excluding hydrogens is 302 g/mol. The van der Waals surface area contributed by atoms with E-state index in [2.05, 4.69) is 10.3 Å². The van der Waals surface area contributed by atoms with Crippen molar-refractivity contribution >= 4 is 22.6 Å². The van der Waals surface area contributed by atoms with Gasteiger partial charge >= 0.3 is 0 Å². The molecule has 128 valence electrons. The number of carbonyl (C=O) groups excluding carboxylic acids is 2. The van der Waals surface area contributed by atoms with Crippen LogP contribution in [0.25, 0.3) is 10.9 Å². The second-order valence-electron chi connectivity index (χ2n) is 6.60. The third-order valence-electron chi connectivity index (χ3n) is 4.84. The van der Waals surface area contributed by atoms with E-state index in [4.69, 9.17) is 0 Å². The summed E-state index contributed by atoms with van der Waals surface area (Å²) < 4.78 is 0. The summed E-state index contributed by atoms with van der Waals surface area (Å²) in [4.78, 5) is 29.1. The Bertz CT molecular complexity index is 699. The number of aromatic amines is 1. The van der Waals surface area contributed by atoms with Crippen molar-refractivity contribution in [3.8, 4) is 0 Å². The number of carbonyl (C=O) groups is 2. The maximum absolute atomic E-state index is 12.3. The van der Waals surface area contributed by atoms with Crippen molar-refractivity contribution in [3.05, 3.63) is 36.0 Å². The fraction of sp³-hybridized carbons (Fsp3) is 0.474. The summed E-state index contributed by atoms with van der Waals surface area (Å²) in [5, 5.41) is 3.57. The van der Waals surface area contributed by atoms with Crippen LogP contribution < -0.4 is 10.2 Å². The van der Waals surface area contributed by atoms with E-state index in [0.717, 1.165) is 23.9 Å². The zero-order chi connectivity index (χ0) is 16.8. The average Bonchev–Trinajstić information content (AvgIpc) is 2.86. The van der Waals surface area contributed by atoms with Gasteiger partial charge in [-0.05, 0) is 31.7 Å². The number of benzene rings is 1. The number of aromatic nitrogens is 1. The van der Waals surface area contributed by atoms with Gasteiger partial charge in [0.05, 0.1) is 25.2 Å². The van der Waals surface area contributed by atoms with Crippen molar-refractivity contribution in [1.82, 2.24) is 10.3 Å². The van der Waals surface area contributed by atoms with E-state index in [-0.39, 0.29) is 0 Å². The van der Waals surface area contributed by atoms with Gasteiger partial charge in [-0.3, -0.25) is 9.59 Å². The van der Waals surface area contributed by atoms with E-state index in [1.54, 1.807) is 11.1 Å². The number of Topliss-reactive ketones (excluding diaryl/α,β-unsaturated/α-hetero) is 1. The molecule has 2 heterocycles. The molecule has 0 aliphatic carbocycles. The monoisotopic (exact) mass is 328 g/mol. The quantitative estimate of drug-likeness (QED) is 0.425. The molecule has 2 aromatic rings. The summed E-state index contributed by atoms with van der Waals surface area (Å²) in [6.45, 7) is 4.11. The van der Waals surface area contributed by atoms with E-state index < -0.39 is 11.7 Å². The van der Waals surface area contributed by atoms with Crippen molar-refractivity contribution in [1.29, 1.82) is 0 Å². The SMILES string of the molecule is O=C(NCCC[NH+]1CCCCCC1)C(=O)c1c[nH]c2ccccc12. The number of hydrogen-bond donors (Lipinski definition) is 3. The molecule has 3 rings (SSSR count). The Labute approximate surface area is 142 Å². The second-order valence-corrected chi connectivity index (χ2v) is 6.60. The molecule has 3 N–H and O–H groups in total. The minimum Gasteiger partial charge on any atom is -0.360 e. The zero-order valence-electron chi connectivity index (χ0n) is 14.1. The Balaban J connectivity index is 1.47. The summed E-state index contributed by atoms with van der Waals surface area (Å²) in [5.41, 5.74) is 1.32. The molecule has 0 saturated carbocycles. The zero-order valence-corrected chi connectivity index (χ0v) is 14.1. The predicted molar refractivity (Wildman–Crippen MR) is 94.3 cm³/mol. The van der Waals surface area contributed by atoms with Crippen LogP contribution in [0.15, 0.2) is 30.5 Å². The molecule has 1 fully saturated rings. The molecule has 1 aliphatic rings. The molecule has 1 saturated heterocycles. The molecule has 0 atom stereocenters. The van der Waals surface area contributed by atoms with Crippen molar-refractivity contribution in [2.45, 2.75) is 32.1 Å². The molecule has 0 unspecified atom stereocenters. The maximum Gasteiger partial charge on any atom is 0.292 e. The van der Waals surface area contributed by atoms with Gasteiger partial charge in [0.1, 0.15) is 0 Å². The summed E-state index contributed by atoms with van der Waals surface area (Å²) >= 11 is 0. The van der Waals surface area contributed by atoms with Gasteiger partial charge in [0, 0.05) is 30.1 Å². The maximum atomic E-state index is 12.3. The number of amides is 1. The lowest BCUT2D eigenvalue weighted by molar-refractivity contribution is -0.899. The number of ketones is 1. The molecule has 0 bridgehead atoms. The van der Waals surface area contributed by atoms with Crippen LogP contribution in [0.2, 0.25) is 0 Å². The third kappa shape index (κ3) is 4.03. The van der Waals surface area contributed by atoms with Crippen molar-refractivity contribution in [2.24, 2.45) is 0 Å². The number of rotatable bonds is 6. The highest BCUT2D eigenvalue weighted by Gasteiger charge is 2.19. The van der Waals surface area contributed by atoms with Crippen LogP contribution in [-0.4, -0.2) is 42.9 Å². The highest BCUT2D eigenvalue weighted by Crippen LogP contribution is 2.17. The number of fused-ring (bicyclic) bond motifs is 1. The first-order chi connectivity index (χ1) is 11.8. The highest BCUT2D eigenvalue weighted by atomic mass is 16.2. The van der Waals surface area contributed by atoms with Crippen LogP contribution in [-0.2, 0) is 4.79 Å². The average molecular weight is 328 g/mol. The third-order valence-corrected chi connectivity index (χ3v) is 4.84. The first kappa shape index (κ1) is 16.7. The number of likely N-dealkylation sites (tertiary alicyclic amines) is 1. The van der Waals surface area contributed by atoms with E-state index in [1.165, 1.54) is 38.8 Å². The fourth-order valence-electron chi connectivity index (χ4n) is 3.48. The van der Waals surface area contributed by atoms with Crippen LogP contribution in [0.3, 0.4) is 0 Å². The van der Waals surface area contributed by atoms with Gasteiger partial charge in [-0.15, -0.1) is 0 Å². The molecule has 0 spiro atoms. The molecule has 0 radical (unpaired) electrons. The molecule has 24 heavy (non-hydrogen) atoms. The van der Waals surface area contributed by atoms with Gasteiger partial charge < -0.3 is 15.2 Å². The van der Waals surface area contributed by atoms with E-state index >= 15 is 0 Å². The van der Waals surface area contributed by atoms with E-state index in [9.17, 15) is 9.59 Å². The Morgan fingerprint density at radius 1 is 1.08 bits per heavy atom. The van der Waals surface area contributed by atoms with Crippen LogP contribution in [0.4, 0.5) is 0 Å². The summed E-state index contributed by atoms with van der Waals surface area (Å²) in [7, 11) is 0. The molecule has 1 aromatic heterocycles. The fourth-order valence-corrected chi connectivity index (χ4v) is 3.48. The molecule has 1 amide bonds. The number of quaternary nitrogens is 1. The predicted octanol–water partition coefficient (Wildman–Crippen LogP) is 1.32. The van der Waals surface area contributed by atoms with Crippen LogP contribution in [0.5, 0.6) is 0 Å². The highest BCUT2D eigenvalue weighted by molar-refractivity contribution is 6.44. The first-order valence-electron chi connectivity index (χ1n) is 8.98. The number of nitrogens with one attached hydrogen (secondary N) is 3. The van der Waals surface area contributed by atoms with E-state index in [0.29, 0.717) is 12.1 Å². The van der Waals surface area contributed by atoms with Crippen LogP contribution in [0.1, 0.15) is 42.5 Å². The standard InChI is InChI=1S/C19H25N3O2/c23-18(16-14-21-17-9-4-3-8-15(16)17)19(24)20-10-7-13-22-11-5-1-2-6-12-22/h3-4,8-9,14,21H,1-2,5-7,10-13H2,(H,20,24)/p+1. The number of hydrogen-bond acceptors (Lipinski definition) is 2. The lowest BCUT2D eigenvalue weighted by Gasteiger charge is -2.16. The van der Waals surface area contributed by atoms with Gasteiger partial charge in [-0.1, -0.05) is 18.2 Å². The lowest BCUT2D eigenvalue weighted by atomic mass is 10.1. The molecular formula is C19H26N3O2+. The topological polar surface area (TPSA) is 66.4 Å².